The summed E-state index contributed by atoms with van der Waals surface area (Å²) in [5, 5.41) is 2.56. The van der Waals surface area contributed by atoms with Gasteiger partial charge in [0, 0.05) is 33.2 Å². The average Bonchev–Trinajstić information content (AvgIpc) is 3.69. The topological polar surface area (TPSA) is 8.17 Å². The van der Waals surface area contributed by atoms with E-state index in [9.17, 15) is 0 Å². The van der Waals surface area contributed by atoms with E-state index in [4.69, 9.17) is 0 Å². The number of fused-ring (bicyclic) bond motifs is 4. The molecule has 0 bridgehead atoms. The highest BCUT2D eigenvalue weighted by Crippen LogP contribution is 2.62. The Hall–Kier alpha value is -6.64. The Bertz CT molecular complexity index is 2710. The molecule has 9 aromatic rings. The van der Waals surface area contributed by atoms with Crippen molar-refractivity contribution in [3.05, 3.63) is 223 Å². The molecule has 2 atom stereocenters. The Morgan fingerprint density at radius 3 is 1.30 bits per heavy atom. The summed E-state index contributed by atoms with van der Waals surface area (Å²) in [4.78, 5) is 2.57. The third-order valence-corrected chi connectivity index (χ3v) is 12.2. The predicted molar refractivity (Wildman–Crippen MR) is 227 cm³/mol. The van der Waals surface area contributed by atoms with E-state index in [0.29, 0.717) is 0 Å². The number of aromatic nitrogens is 1. The van der Waals surface area contributed by atoms with Crippen LogP contribution in [-0.2, 0) is 11.0 Å². The number of rotatable bonds is 6. The molecule has 1 aliphatic heterocycles. The summed E-state index contributed by atoms with van der Waals surface area (Å²) in [6.45, 7) is 4.83. The second kappa shape index (κ2) is 12.5. The summed E-state index contributed by atoms with van der Waals surface area (Å²) < 4.78 is 2.37. The van der Waals surface area contributed by atoms with Crippen molar-refractivity contribution in [2.75, 3.05) is 4.90 Å². The number of nitrogens with zero attached hydrogens (tertiary/aromatic N) is 2. The number of anilines is 2. The first-order valence-corrected chi connectivity index (χ1v) is 18.9. The minimum atomic E-state index is -0.389. The second-order valence-electron chi connectivity index (χ2n) is 14.8. The lowest BCUT2D eigenvalue weighted by Crippen LogP contribution is -2.50. The zero-order chi connectivity index (χ0) is 36.3. The normalized spacial score (nSPS) is 17.9. The van der Waals surface area contributed by atoms with Crippen LogP contribution in [0.1, 0.15) is 30.5 Å². The molecule has 1 aliphatic rings. The van der Waals surface area contributed by atoms with Gasteiger partial charge in [-0.25, -0.2) is 0 Å². The average molecular weight is 693 g/mol. The van der Waals surface area contributed by atoms with Gasteiger partial charge in [-0.15, -0.1) is 0 Å². The van der Waals surface area contributed by atoms with Gasteiger partial charge >= 0.3 is 0 Å². The fourth-order valence-electron chi connectivity index (χ4n) is 9.27. The molecule has 54 heavy (non-hydrogen) atoms. The lowest BCUT2D eigenvalue weighted by Gasteiger charge is -2.48. The number of hydrogen-bond acceptors (Lipinski definition) is 1. The Kier molecular flexibility index (Phi) is 7.42. The highest BCUT2D eigenvalue weighted by atomic mass is 15.3. The molecule has 1 aromatic heterocycles. The third-order valence-electron chi connectivity index (χ3n) is 12.2. The van der Waals surface area contributed by atoms with Crippen LogP contribution >= 0.6 is 0 Å². The first-order valence-electron chi connectivity index (χ1n) is 18.9. The van der Waals surface area contributed by atoms with Gasteiger partial charge in [0.1, 0.15) is 0 Å². The van der Waals surface area contributed by atoms with E-state index >= 15 is 0 Å². The van der Waals surface area contributed by atoms with E-state index in [-0.39, 0.29) is 11.0 Å². The van der Waals surface area contributed by atoms with E-state index in [1.165, 1.54) is 77.8 Å². The van der Waals surface area contributed by atoms with Crippen molar-refractivity contribution in [3.8, 4) is 27.9 Å². The van der Waals surface area contributed by atoms with Crippen LogP contribution in [0.4, 0.5) is 11.4 Å². The molecule has 0 saturated carbocycles. The molecule has 0 radical (unpaired) electrons. The molecular formula is C52H40N2. The van der Waals surface area contributed by atoms with Crippen LogP contribution in [0.3, 0.4) is 0 Å². The van der Waals surface area contributed by atoms with Gasteiger partial charge in [0.25, 0.3) is 0 Å². The molecule has 0 amide bonds. The molecule has 2 nitrogen and oxygen atoms in total. The summed E-state index contributed by atoms with van der Waals surface area (Å²) in [7, 11) is 0. The maximum Gasteiger partial charge on any atom is 0.0809 e. The monoisotopic (exact) mass is 692 g/mol. The Morgan fingerprint density at radius 2 is 0.759 bits per heavy atom. The zero-order valence-electron chi connectivity index (χ0n) is 30.5. The fraction of sp³-hybridized carbons (Fsp3) is 0.0769. The van der Waals surface area contributed by atoms with Gasteiger partial charge in [-0.1, -0.05) is 164 Å². The highest BCUT2D eigenvalue weighted by molar-refractivity contribution is 6.09. The van der Waals surface area contributed by atoms with Gasteiger partial charge in [0.05, 0.1) is 16.6 Å². The van der Waals surface area contributed by atoms with Crippen molar-refractivity contribution in [3.63, 3.8) is 0 Å². The molecule has 8 aromatic carbocycles. The van der Waals surface area contributed by atoms with E-state index < -0.39 is 0 Å². The summed E-state index contributed by atoms with van der Waals surface area (Å²) in [5.41, 5.74) is 14.1. The predicted octanol–water partition coefficient (Wildman–Crippen LogP) is 13.5. The second-order valence-corrected chi connectivity index (χ2v) is 14.8. The summed E-state index contributed by atoms with van der Waals surface area (Å²) in [6.07, 6.45) is 0. The summed E-state index contributed by atoms with van der Waals surface area (Å²) in [6, 6.07) is 75.4. The van der Waals surface area contributed by atoms with E-state index in [2.05, 4.69) is 230 Å². The lowest BCUT2D eigenvalue weighted by molar-refractivity contribution is 0.335. The van der Waals surface area contributed by atoms with Crippen molar-refractivity contribution < 1.29 is 0 Å². The molecule has 2 heteroatoms. The van der Waals surface area contributed by atoms with Gasteiger partial charge < -0.3 is 9.47 Å². The van der Waals surface area contributed by atoms with Crippen LogP contribution in [0, 0.1) is 0 Å². The largest absolute Gasteiger partial charge is 0.330 e. The quantitative estimate of drug-likeness (QED) is 0.168. The lowest BCUT2D eigenvalue weighted by atomic mass is 9.62. The van der Waals surface area contributed by atoms with Crippen LogP contribution in [0.2, 0.25) is 0 Å². The molecule has 258 valence electrons. The minimum Gasteiger partial charge on any atom is -0.330 e. The number of para-hydroxylation sites is 3. The van der Waals surface area contributed by atoms with Gasteiger partial charge in [-0.2, -0.15) is 0 Å². The Labute approximate surface area is 317 Å². The Balaban J connectivity index is 0.974. The van der Waals surface area contributed by atoms with Crippen LogP contribution in [0.5, 0.6) is 0 Å². The van der Waals surface area contributed by atoms with Gasteiger partial charge in [-0.05, 0) is 95.3 Å². The van der Waals surface area contributed by atoms with Gasteiger partial charge in [0.2, 0.25) is 0 Å². The maximum absolute atomic E-state index is 2.57. The summed E-state index contributed by atoms with van der Waals surface area (Å²) in [5.74, 6) is 0. The Morgan fingerprint density at radius 1 is 0.352 bits per heavy atom. The smallest absolute Gasteiger partial charge is 0.0809 e. The molecule has 10 rings (SSSR count). The van der Waals surface area contributed by atoms with Gasteiger partial charge in [-0.3, -0.25) is 0 Å². The molecule has 0 spiro atoms. The van der Waals surface area contributed by atoms with Crippen molar-refractivity contribution in [2.45, 2.75) is 24.8 Å². The molecule has 0 aliphatic carbocycles. The van der Waals surface area contributed by atoms with Crippen molar-refractivity contribution in [1.29, 1.82) is 0 Å². The van der Waals surface area contributed by atoms with Crippen molar-refractivity contribution >= 4 is 33.2 Å². The molecule has 0 fully saturated rings. The summed E-state index contributed by atoms with van der Waals surface area (Å²) >= 11 is 0. The van der Waals surface area contributed by atoms with Crippen LogP contribution in [0.25, 0.3) is 49.7 Å². The number of benzene rings is 8. The van der Waals surface area contributed by atoms with E-state index in [1.807, 2.05) is 0 Å². The standard InChI is InChI=1S/C52H40N2/c1-51(41-15-5-3-6-16-41)47-21-11-14-24-50(47)54(52(51,2)42-17-7-4-8-18-42)44-35-31-40(32-36-44)38-27-25-37(26-28-38)39-29-33-43(34-30-39)53-48-22-12-9-19-45(48)46-20-10-13-23-49(46)53/h3-36H,1-2H3. The molecule has 2 unspecified atom stereocenters. The maximum atomic E-state index is 2.57. The van der Waals surface area contributed by atoms with Crippen LogP contribution < -0.4 is 4.90 Å². The first-order chi connectivity index (χ1) is 26.6. The molecule has 2 heterocycles. The third kappa shape index (κ3) is 4.73. The highest BCUT2D eigenvalue weighted by Gasteiger charge is 2.58. The van der Waals surface area contributed by atoms with Crippen LogP contribution in [0.15, 0.2) is 206 Å². The van der Waals surface area contributed by atoms with Crippen LogP contribution in [-0.4, -0.2) is 4.57 Å². The van der Waals surface area contributed by atoms with Gasteiger partial charge in [0.15, 0.2) is 0 Å². The first kappa shape index (κ1) is 32.0. The molecule has 0 saturated heterocycles. The minimum absolute atomic E-state index is 0.303. The van der Waals surface area contributed by atoms with Crippen molar-refractivity contribution in [1.82, 2.24) is 4.57 Å². The van der Waals surface area contributed by atoms with E-state index in [1.54, 1.807) is 0 Å². The SMILES string of the molecule is CC1(c2ccccc2)c2ccccc2N(c2ccc(-c3ccc(-c4ccc(-n5c6ccccc6c6ccccc65)cc4)cc3)cc2)C1(C)c1ccccc1. The van der Waals surface area contributed by atoms with E-state index in [0.717, 1.165) is 0 Å². The molecule has 0 N–H and O–H groups in total. The molecular weight excluding hydrogens is 653 g/mol. The zero-order valence-corrected chi connectivity index (χ0v) is 30.5. The van der Waals surface area contributed by atoms with Crippen molar-refractivity contribution in [2.24, 2.45) is 0 Å². The fourth-order valence-corrected chi connectivity index (χ4v) is 9.27. The number of hydrogen-bond donors (Lipinski definition) is 0.